The van der Waals surface area contributed by atoms with Crippen molar-refractivity contribution in [3.05, 3.63) is 34.9 Å². The largest absolute Gasteiger partial charge is 0.192 e. The first-order valence-electron chi connectivity index (χ1n) is 3.68. The van der Waals surface area contributed by atoms with Crippen LogP contribution in [0, 0.1) is 11.3 Å². The minimum Gasteiger partial charge on any atom is -0.192 e. The summed E-state index contributed by atoms with van der Waals surface area (Å²) in [5.74, 6) is 0. The van der Waals surface area contributed by atoms with Gasteiger partial charge in [-0.1, -0.05) is 23.3 Å². The third-order valence-corrected chi connectivity index (χ3v) is 1.82. The van der Waals surface area contributed by atoms with E-state index in [-0.39, 0.29) is 0 Å². The molecule has 0 aromatic heterocycles. The molecule has 1 heteroatoms. The zero-order valence-electron chi connectivity index (χ0n) is 6.89. The molecule has 0 radical (unpaired) electrons. The fraction of sp³-hybridized carbons (Fsp3) is 0.300. The normalized spacial score (nSPS) is 17.4. The molecular formula is C10H11N. The fourth-order valence-electron chi connectivity index (χ4n) is 0.982. The van der Waals surface area contributed by atoms with Crippen LogP contribution in [-0.2, 0) is 0 Å². The van der Waals surface area contributed by atoms with Crippen molar-refractivity contribution in [3.63, 3.8) is 0 Å². The van der Waals surface area contributed by atoms with Gasteiger partial charge in [0.2, 0.25) is 0 Å². The summed E-state index contributed by atoms with van der Waals surface area (Å²) in [6.07, 6.45) is 6.90. The minimum absolute atomic E-state index is 0.804. The van der Waals surface area contributed by atoms with Gasteiger partial charge < -0.3 is 0 Å². The van der Waals surface area contributed by atoms with E-state index in [0.29, 0.717) is 0 Å². The Hall–Kier alpha value is -1.29. The third-order valence-electron chi connectivity index (χ3n) is 1.82. The first-order valence-corrected chi connectivity index (χ1v) is 3.68. The van der Waals surface area contributed by atoms with Crippen molar-refractivity contribution in [1.82, 2.24) is 0 Å². The lowest BCUT2D eigenvalue weighted by molar-refractivity contribution is 1.18. The van der Waals surface area contributed by atoms with Gasteiger partial charge in [-0.25, -0.2) is 0 Å². The van der Waals surface area contributed by atoms with E-state index in [1.54, 1.807) is 0 Å². The van der Waals surface area contributed by atoms with Crippen LogP contribution >= 0.6 is 0 Å². The van der Waals surface area contributed by atoms with E-state index >= 15 is 0 Å². The molecule has 0 saturated carbocycles. The van der Waals surface area contributed by atoms with Gasteiger partial charge in [0.25, 0.3) is 0 Å². The average molecular weight is 145 g/mol. The molecule has 0 unspecified atom stereocenters. The standard InChI is InChI=1S/C10H11N/c1-8-3-5-9(2)10(7-11)6-4-8/h3-4,6H,5H2,1-2H3. The molecule has 0 saturated heterocycles. The molecule has 0 amide bonds. The van der Waals surface area contributed by atoms with Gasteiger partial charge in [-0.2, -0.15) is 5.26 Å². The maximum atomic E-state index is 8.69. The quantitative estimate of drug-likeness (QED) is 0.514. The number of nitriles is 1. The summed E-state index contributed by atoms with van der Waals surface area (Å²) in [7, 11) is 0. The van der Waals surface area contributed by atoms with Crippen molar-refractivity contribution in [2.24, 2.45) is 0 Å². The maximum absolute atomic E-state index is 8.69. The van der Waals surface area contributed by atoms with Crippen molar-refractivity contribution < 1.29 is 0 Å². The zero-order chi connectivity index (χ0) is 8.27. The highest BCUT2D eigenvalue weighted by molar-refractivity contribution is 5.42. The maximum Gasteiger partial charge on any atom is 0.0991 e. The van der Waals surface area contributed by atoms with Crippen molar-refractivity contribution >= 4 is 0 Å². The van der Waals surface area contributed by atoms with Gasteiger partial charge in [-0.05, 0) is 26.3 Å². The minimum atomic E-state index is 0.804. The second kappa shape index (κ2) is 3.21. The predicted octanol–water partition coefficient (Wildman–Crippen LogP) is 2.73. The number of hydrogen-bond acceptors (Lipinski definition) is 1. The van der Waals surface area contributed by atoms with E-state index in [2.05, 4.69) is 12.1 Å². The highest BCUT2D eigenvalue weighted by atomic mass is 14.2. The van der Waals surface area contributed by atoms with Crippen molar-refractivity contribution in [3.8, 4) is 6.07 Å². The molecule has 0 aromatic carbocycles. The summed E-state index contributed by atoms with van der Waals surface area (Å²) in [5, 5.41) is 8.69. The van der Waals surface area contributed by atoms with E-state index in [4.69, 9.17) is 5.26 Å². The molecule has 0 fully saturated rings. The number of allylic oxidation sites excluding steroid dienone is 6. The number of rotatable bonds is 0. The van der Waals surface area contributed by atoms with E-state index in [0.717, 1.165) is 17.6 Å². The van der Waals surface area contributed by atoms with Gasteiger partial charge in [0, 0.05) is 0 Å². The molecule has 1 aliphatic rings. The highest BCUT2D eigenvalue weighted by Crippen LogP contribution is 2.16. The molecule has 0 aliphatic heterocycles. The number of hydrogen-bond donors (Lipinski definition) is 0. The predicted molar refractivity (Wildman–Crippen MR) is 45.8 cm³/mol. The Balaban J connectivity index is 2.99. The first kappa shape index (κ1) is 7.81. The lowest BCUT2D eigenvalue weighted by Gasteiger charge is -1.93. The average Bonchev–Trinajstić information content (AvgIpc) is 2.15. The van der Waals surface area contributed by atoms with Crippen molar-refractivity contribution in [2.75, 3.05) is 0 Å². The Morgan fingerprint density at radius 1 is 1.36 bits per heavy atom. The van der Waals surface area contributed by atoms with Crippen LogP contribution < -0.4 is 0 Å². The smallest absolute Gasteiger partial charge is 0.0991 e. The summed E-state index contributed by atoms with van der Waals surface area (Å²) in [4.78, 5) is 0. The molecule has 1 nitrogen and oxygen atoms in total. The van der Waals surface area contributed by atoms with Crippen molar-refractivity contribution in [1.29, 1.82) is 5.26 Å². The molecule has 56 valence electrons. The summed E-state index contributed by atoms with van der Waals surface area (Å²) < 4.78 is 0. The first-order chi connectivity index (χ1) is 5.24. The van der Waals surface area contributed by atoms with Crippen LogP contribution in [0.2, 0.25) is 0 Å². The van der Waals surface area contributed by atoms with Gasteiger partial charge in [-0.15, -0.1) is 0 Å². The lowest BCUT2D eigenvalue weighted by atomic mass is 10.1. The second-order valence-corrected chi connectivity index (χ2v) is 2.79. The summed E-state index contributed by atoms with van der Waals surface area (Å²) in [5.41, 5.74) is 3.19. The molecule has 1 rings (SSSR count). The molecule has 0 spiro atoms. The second-order valence-electron chi connectivity index (χ2n) is 2.79. The molecule has 1 aliphatic carbocycles. The summed E-state index contributed by atoms with van der Waals surface area (Å²) >= 11 is 0. The fourth-order valence-corrected chi connectivity index (χ4v) is 0.982. The van der Waals surface area contributed by atoms with Gasteiger partial charge in [-0.3, -0.25) is 0 Å². The Morgan fingerprint density at radius 3 is 2.73 bits per heavy atom. The van der Waals surface area contributed by atoms with E-state index in [9.17, 15) is 0 Å². The monoisotopic (exact) mass is 145 g/mol. The van der Waals surface area contributed by atoms with Crippen LogP contribution in [0.15, 0.2) is 34.9 Å². The SMILES string of the molecule is CC1=CCC(C)=C(C#N)C=C1. The van der Waals surface area contributed by atoms with Crippen LogP contribution in [-0.4, -0.2) is 0 Å². The lowest BCUT2D eigenvalue weighted by Crippen LogP contribution is -1.78. The Labute approximate surface area is 67.3 Å². The molecule has 0 heterocycles. The molecular weight excluding hydrogens is 134 g/mol. The molecule has 0 bridgehead atoms. The Bertz CT molecular complexity index is 284. The van der Waals surface area contributed by atoms with Gasteiger partial charge >= 0.3 is 0 Å². The van der Waals surface area contributed by atoms with Gasteiger partial charge in [0.05, 0.1) is 11.6 Å². The molecule has 0 aromatic rings. The van der Waals surface area contributed by atoms with Crippen LogP contribution in [0.25, 0.3) is 0 Å². The van der Waals surface area contributed by atoms with Crippen LogP contribution in [0.3, 0.4) is 0 Å². The van der Waals surface area contributed by atoms with Gasteiger partial charge in [0.15, 0.2) is 0 Å². The topological polar surface area (TPSA) is 23.8 Å². The summed E-state index contributed by atoms with van der Waals surface area (Å²) in [6.45, 7) is 4.04. The molecule has 11 heavy (non-hydrogen) atoms. The Kier molecular flexibility index (Phi) is 2.28. The highest BCUT2D eigenvalue weighted by Gasteiger charge is 1.99. The zero-order valence-corrected chi connectivity index (χ0v) is 6.89. The van der Waals surface area contributed by atoms with E-state index < -0.39 is 0 Å². The van der Waals surface area contributed by atoms with Gasteiger partial charge in [0.1, 0.15) is 0 Å². The van der Waals surface area contributed by atoms with Crippen LogP contribution in [0.1, 0.15) is 20.3 Å². The summed E-state index contributed by atoms with van der Waals surface area (Å²) in [6, 6.07) is 2.17. The van der Waals surface area contributed by atoms with E-state index in [1.807, 2.05) is 26.0 Å². The van der Waals surface area contributed by atoms with Crippen LogP contribution in [0.4, 0.5) is 0 Å². The van der Waals surface area contributed by atoms with Crippen LogP contribution in [0.5, 0.6) is 0 Å². The molecule has 0 N–H and O–H groups in total. The van der Waals surface area contributed by atoms with Crippen molar-refractivity contribution in [2.45, 2.75) is 20.3 Å². The Morgan fingerprint density at radius 2 is 2.09 bits per heavy atom. The molecule has 0 atom stereocenters. The number of nitrogens with zero attached hydrogens (tertiary/aromatic N) is 1. The third kappa shape index (κ3) is 1.81. The van der Waals surface area contributed by atoms with E-state index in [1.165, 1.54) is 5.57 Å².